The molecule has 0 aliphatic carbocycles. The van der Waals surface area contributed by atoms with Crippen molar-refractivity contribution >= 4 is 18.2 Å². The maximum atomic E-state index is 12.5. The van der Waals surface area contributed by atoms with Gasteiger partial charge in [-0.15, -0.1) is 12.4 Å². The first-order valence-electron chi connectivity index (χ1n) is 4.30. The van der Waals surface area contributed by atoms with Crippen molar-refractivity contribution < 1.29 is 18.0 Å². The molecule has 6 heteroatoms. The Morgan fingerprint density at radius 1 is 1.31 bits per heavy atom. The lowest BCUT2D eigenvalue weighted by atomic mass is 10.00. The predicted molar refractivity (Wildman–Crippen MR) is 56.7 cm³/mol. The summed E-state index contributed by atoms with van der Waals surface area (Å²) in [6.45, 7) is 1.36. The number of halogens is 4. The summed E-state index contributed by atoms with van der Waals surface area (Å²) in [5.41, 5.74) is 3.95. The summed E-state index contributed by atoms with van der Waals surface area (Å²) in [7, 11) is 0. The van der Waals surface area contributed by atoms with Gasteiger partial charge in [0.25, 0.3) is 0 Å². The van der Waals surface area contributed by atoms with Gasteiger partial charge in [0.15, 0.2) is 5.78 Å². The number of hydrogen-bond acceptors (Lipinski definition) is 2. The van der Waals surface area contributed by atoms with Crippen LogP contribution in [0.5, 0.6) is 0 Å². The van der Waals surface area contributed by atoms with Gasteiger partial charge in [-0.05, 0) is 13.0 Å². The van der Waals surface area contributed by atoms with E-state index in [1.54, 1.807) is 0 Å². The molecule has 0 bridgehead atoms. The molecule has 0 radical (unpaired) electrons. The number of carbonyl (C=O) groups excluding carboxylic acids is 1. The zero-order valence-corrected chi connectivity index (χ0v) is 9.23. The van der Waals surface area contributed by atoms with E-state index in [-0.39, 0.29) is 18.0 Å². The van der Waals surface area contributed by atoms with Crippen LogP contribution in [0, 0.1) is 0 Å². The maximum absolute atomic E-state index is 12.5. The molecule has 90 valence electrons. The number of benzene rings is 1. The summed E-state index contributed by atoms with van der Waals surface area (Å²) < 4.78 is 37.4. The van der Waals surface area contributed by atoms with Crippen molar-refractivity contribution in [3.8, 4) is 0 Å². The number of carbonyl (C=O) groups is 1. The molecule has 2 N–H and O–H groups in total. The lowest BCUT2D eigenvalue weighted by molar-refractivity contribution is -0.137. The molecule has 0 amide bonds. The van der Waals surface area contributed by atoms with E-state index in [4.69, 9.17) is 5.73 Å². The summed E-state index contributed by atoms with van der Waals surface area (Å²) in [6.07, 6.45) is -4.53. The van der Waals surface area contributed by atoms with Crippen molar-refractivity contribution in [2.75, 3.05) is 0 Å². The number of hydrogen-bond donors (Lipinski definition) is 1. The van der Waals surface area contributed by atoms with E-state index in [2.05, 4.69) is 0 Å². The van der Waals surface area contributed by atoms with Crippen molar-refractivity contribution in [1.29, 1.82) is 0 Å². The van der Waals surface area contributed by atoms with Gasteiger partial charge in [0, 0.05) is 5.56 Å². The summed E-state index contributed by atoms with van der Waals surface area (Å²) in [4.78, 5) is 11.4. The van der Waals surface area contributed by atoms with Crippen LogP contribution in [0.1, 0.15) is 22.8 Å². The fraction of sp³-hybridized carbons (Fsp3) is 0.300. The van der Waals surface area contributed by atoms with Crippen LogP contribution in [0.4, 0.5) is 13.2 Å². The number of nitrogens with two attached hydrogens (primary N) is 1. The highest BCUT2D eigenvalue weighted by Crippen LogP contribution is 2.32. The van der Waals surface area contributed by atoms with Crippen molar-refractivity contribution in [2.45, 2.75) is 19.1 Å². The Kier molecular flexibility index (Phi) is 4.96. The van der Waals surface area contributed by atoms with Gasteiger partial charge in [0.2, 0.25) is 0 Å². The molecule has 0 aliphatic heterocycles. The number of ketones is 1. The van der Waals surface area contributed by atoms with Gasteiger partial charge in [-0.1, -0.05) is 18.2 Å². The second kappa shape index (κ2) is 5.32. The Morgan fingerprint density at radius 3 is 2.25 bits per heavy atom. The minimum atomic E-state index is -4.53. The zero-order valence-electron chi connectivity index (χ0n) is 8.41. The summed E-state index contributed by atoms with van der Waals surface area (Å²) in [6, 6.07) is 3.68. The summed E-state index contributed by atoms with van der Waals surface area (Å²) in [5.74, 6) is -0.706. The maximum Gasteiger partial charge on any atom is 0.417 e. The second-order valence-corrected chi connectivity index (χ2v) is 3.20. The Balaban J connectivity index is 0.00000225. The third-order valence-corrected chi connectivity index (χ3v) is 1.91. The first kappa shape index (κ1) is 14.9. The molecule has 1 rings (SSSR count). The third kappa shape index (κ3) is 3.21. The first-order chi connectivity index (χ1) is 6.84. The third-order valence-electron chi connectivity index (χ3n) is 1.91. The number of Topliss-reactive ketones (excluding diaryl/α,β-unsaturated/α-hetero) is 1. The highest BCUT2D eigenvalue weighted by atomic mass is 35.5. The molecular formula is C10H11ClF3NO. The monoisotopic (exact) mass is 253 g/mol. The van der Waals surface area contributed by atoms with Crippen LogP contribution in [0.2, 0.25) is 0 Å². The standard InChI is InChI=1S/C10H10F3NO.ClH/c1-6(14)9(15)7-4-2-3-5-8(7)10(11,12)13;/h2-6H,14H2,1H3;1H. The van der Waals surface area contributed by atoms with Crippen LogP contribution in [-0.2, 0) is 6.18 Å². The van der Waals surface area contributed by atoms with E-state index < -0.39 is 23.6 Å². The zero-order chi connectivity index (χ0) is 11.6. The molecule has 1 atom stereocenters. The van der Waals surface area contributed by atoms with Crippen molar-refractivity contribution in [3.05, 3.63) is 35.4 Å². The average molecular weight is 254 g/mol. The minimum absolute atomic E-state index is 0. The van der Waals surface area contributed by atoms with Gasteiger partial charge >= 0.3 is 6.18 Å². The Bertz CT molecular complexity index is 377. The lowest BCUT2D eigenvalue weighted by Gasteiger charge is -2.12. The van der Waals surface area contributed by atoms with Crippen LogP contribution < -0.4 is 5.73 Å². The van der Waals surface area contributed by atoms with Gasteiger partial charge in [-0.25, -0.2) is 0 Å². The normalized spacial score (nSPS) is 12.8. The fourth-order valence-electron chi connectivity index (χ4n) is 1.19. The Hall–Kier alpha value is -1.07. The molecule has 1 aromatic rings. The predicted octanol–water partition coefficient (Wildman–Crippen LogP) is 2.66. The summed E-state index contributed by atoms with van der Waals surface area (Å²) >= 11 is 0. The molecule has 0 fully saturated rings. The smallest absolute Gasteiger partial charge is 0.321 e. The molecule has 2 nitrogen and oxygen atoms in total. The van der Waals surface area contributed by atoms with Crippen LogP contribution in [-0.4, -0.2) is 11.8 Å². The molecule has 16 heavy (non-hydrogen) atoms. The Morgan fingerprint density at radius 2 is 1.81 bits per heavy atom. The Labute approximate surface area is 97.0 Å². The van der Waals surface area contributed by atoms with E-state index in [9.17, 15) is 18.0 Å². The van der Waals surface area contributed by atoms with E-state index in [1.165, 1.54) is 19.1 Å². The average Bonchev–Trinajstić information content (AvgIpc) is 2.15. The van der Waals surface area contributed by atoms with E-state index in [1.807, 2.05) is 0 Å². The van der Waals surface area contributed by atoms with Crippen LogP contribution in [0.15, 0.2) is 24.3 Å². The van der Waals surface area contributed by atoms with Crippen molar-refractivity contribution in [2.24, 2.45) is 5.73 Å². The molecule has 0 spiro atoms. The second-order valence-electron chi connectivity index (χ2n) is 3.20. The molecule has 0 aliphatic rings. The number of rotatable bonds is 2. The molecule has 0 heterocycles. The van der Waals surface area contributed by atoms with E-state index in [0.29, 0.717) is 0 Å². The lowest BCUT2D eigenvalue weighted by Crippen LogP contribution is -2.28. The topological polar surface area (TPSA) is 43.1 Å². The SMILES string of the molecule is CC(N)C(=O)c1ccccc1C(F)(F)F.Cl. The minimum Gasteiger partial charge on any atom is -0.321 e. The molecule has 1 aromatic carbocycles. The largest absolute Gasteiger partial charge is 0.417 e. The summed E-state index contributed by atoms with van der Waals surface area (Å²) in [5, 5.41) is 0. The molecule has 1 unspecified atom stereocenters. The van der Waals surface area contributed by atoms with Gasteiger partial charge in [-0.2, -0.15) is 13.2 Å². The van der Waals surface area contributed by atoms with E-state index in [0.717, 1.165) is 12.1 Å². The molecular weight excluding hydrogens is 243 g/mol. The van der Waals surface area contributed by atoms with Crippen molar-refractivity contribution in [3.63, 3.8) is 0 Å². The molecule has 0 aromatic heterocycles. The highest BCUT2D eigenvalue weighted by Gasteiger charge is 2.35. The van der Waals surface area contributed by atoms with Gasteiger partial charge in [-0.3, -0.25) is 4.79 Å². The quantitative estimate of drug-likeness (QED) is 0.824. The number of alkyl halides is 3. The van der Waals surface area contributed by atoms with Crippen LogP contribution in [0.25, 0.3) is 0 Å². The molecule has 0 saturated carbocycles. The fourth-order valence-corrected chi connectivity index (χ4v) is 1.19. The van der Waals surface area contributed by atoms with Gasteiger partial charge in [0.05, 0.1) is 11.6 Å². The highest BCUT2D eigenvalue weighted by molar-refractivity contribution is 6.01. The van der Waals surface area contributed by atoms with Gasteiger partial charge < -0.3 is 5.73 Å². The molecule has 0 saturated heterocycles. The first-order valence-corrected chi connectivity index (χ1v) is 4.30. The van der Waals surface area contributed by atoms with Gasteiger partial charge in [0.1, 0.15) is 0 Å². The van der Waals surface area contributed by atoms with Crippen molar-refractivity contribution in [1.82, 2.24) is 0 Å². The van der Waals surface area contributed by atoms with Crippen LogP contribution >= 0.6 is 12.4 Å². The van der Waals surface area contributed by atoms with E-state index >= 15 is 0 Å². The van der Waals surface area contributed by atoms with Crippen LogP contribution in [0.3, 0.4) is 0 Å².